The zero-order valence-corrected chi connectivity index (χ0v) is 22.3. The Balaban J connectivity index is 1.66. The van der Waals surface area contributed by atoms with Gasteiger partial charge in [0.2, 0.25) is 0 Å². The lowest BCUT2D eigenvalue weighted by Crippen LogP contribution is -2.09. The fourth-order valence-corrected chi connectivity index (χ4v) is 6.46. The maximum Gasteiger partial charge on any atom is 0.160 e. The molecule has 0 saturated heterocycles. The molecule has 0 amide bonds. The molecule has 0 N–H and O–H groups in total. The van der Waals surface area contributed by atoms with Crippen molar-refractivity contribution in [3.63, 3.8) is 0 Å². The Labute approximate surface area is 206 Å². The van der Waals surface area contributed by atoms with E-state index in [0.29, 0.717) is 0 Å². The Morgan fingerprint density at radius 1 is 0.485 bits per heavy atom. The van der Waals surface area contributed by atoms with Gasteiger partial charge in [-0.3, -0.25) is 0 Å². The zero-order valence-electron chi connectivity index (χ0n) is 21.5. The molecule has 2 rings (SSSR count). The van der Waals surface area contributed by atoms with Crippen molar-refractivity contribution in [3.8, 4) is 11.5 Å². The molecule has 0 saturated carbocycles. The highest BCUT2D eigenvalue weighted by Gasteiger charge is 2.25. The van der Waals surface area contributed by atoms with Crippen molar-refractivity contribution in [1.29, 1.82) is 0 Å². The van der Waals surface area contributed by atoms with Gasteiger partial charge in [-0.05, 0) is 61.4 Å². The molecule has 2 aromatic rings. The van der Waals surface area contributed by atoms with E-state index >= 15 is 0 Å². The van der Waals surface area contributed by atoms with Crippen LogP contribution >= 0.6 is 0 Å². The molecule has 0 heterocycles. The Kier molecular flexibility index (Phi) is 14.9. The first-order valence-corrected chi connectivity index (χ1v) is 14.7. The number of ether oxygens (including phenoxy) is 2. The molecule has 0 aliphatic carbocycles. The third kappa shape index (κ3) is 11.4. The molecule has 0 fully saturated rings. The minimum atomic E-state index is 0.101. The smallest absolute Gasteiger partial charge is 0.160 e. The van der Waals surface area contributed by atoms with Crippen LogP contribution in [0.4, 0.5) is 0 Å². The van der Waals surface area contributed by atoms with Gasteiger partial charge < -0.3 is 9.47 Å². The third-order valence-electron chi connectivity index (χ3n) is 6.39. The largest absolute Gasteiger partial charge is 0.497 e. The maximum absolute atomic E-state index is 5.36. The molecular formula is C30H47O2S+. The summed E-state index contributed by atoms with van der Waals surface area (Å²) in [5.41, 5.74) is 0. The summed E-state index contributed by atoms with van der Waals surface area (Å²) in [5, 5.41) is 0. The average molecular weight is 472 g/mol. The van der Waals surface area contributed by atoms with Gasteiger partial charge in [0.05, 0.1) is 25.1 Å². The summed E-state index contributed by atoms with van der Waals surface area (Å²) in [4.78, 5) is 2.80. The zero-order chi connectivity index (χ0) is 23.6. The van der Waals surface area contributed by atoms with Crippen molar-refractivity contribution in [1.82, 2.24) is 0 Å². The van der Waals surface area contributed by atoms with E-state index in [1.807, 2.05) is 0 Å². The van der Waals surface area contributed by atoms with Crippen LogP contribution in [0.15, 0.2) is 58.3 Å². The standard InChI is InChI=1S/C30H47O2S/c1-4-5-6-7-8-9-10-11-12-13-14-15-16-17-26-33(29-22-18-27(31-2)19-23-29)30-24-20-28(32-3)21-25-30/h18-25H,4-17,26H2,1-3H3/q+1. The molecule has 0 unspecified atom stereocenters. The molecule has 0 aliphatic rings. The highest BCUT2D eigenvalue weighted by molar-refractivity contribution is 7.97. The van der Waals surface area contributed by atoms with Gasteiger partial charge in [0, 0.05) is 0 Å². The minimum absolute atomic E-state index is 0.101. The van der Waals surface area contributed by atoms with Crippen LogP contribution in [0.25, 0.3) is 0 Å². The lowest BCUT2D eigenvalue weighted by molar-refractivity contribution is 0.414. The molecule has 2 nitrogen and oxygen atoms in total. The van der Waals surface area contributed by atoms with Crippen molar-refractivity contribution in [2.45, 2.75) is 107 Å². The molecule has 0 bridgehead atoms. The molecule has 0 spiro atoms. The Morgan fingerprint density at radius 3 is 1.15 bits per heavy atom. The van der Waals surface area contributed by atoms with Gasteiger partial charge >= 0.3 is 0 Å². The number of methoxy groups -OCH3 is 2. The topological polar surface area (TPSA) is 18.5 Å². The average Bonchev–Trinajstić information content (AvgIpc) is 2.87. The minimum Gasteiger partial charge on any atom is -0.497 e. The molecule has 0 atom stereocenters. The van der Waals surface area contributed by atoms with Crippen molar-refractivity contribution >= 4 is 10.9 Å². The lowest BCUT2D eigenvalue weighted by Gasteiger charge is -2.10. The summed E-state index contributed by atoms with van der Waals surface area (Å²) in [6, 6.07) is 17.3. The second kappa shape index (κ2) is 17.8. The molecule has 0 aliphatic heterocycles. The van der Waals surface area contributed by atoms with E-state index in [0.717, 1.165) is 11.5 Å². The van der Waals surface area contributed by atoms with Crippen molar-refractivity contribution < 1.29 is 9.47 Å². The van der Waals surface area contributed by atoms with Crippen LogP contribution in [0.1, 0.15) is 96.8 Å². The van der Waals surface area contributed by atoms with Crippen LogP contribution in [0.3, 0.4) is 0 Å². The summed E-state index contributed by atoms with van der Waals surface area (Å²) in [6.07, 6.45) is 19.7. The molecule has 2 aromatic carbocycles. The summed E-state index contributed by atoms with van der Waals surface area (Å²) in [5.74, 6) is 3.07. The first-order chi connectivity index (χ1) is 16.3. The van der Waals surface area contributed by atoms with E-state index in [2.05, 4.69) is 55.5 Å². The van der Waals surface area contributed by atoms with Crippen LogP contribution in [-0.4, -0.2) is 20.0 Å². The van der Waals surface area contributed by atoms with Gasteiger partial charge in [-0.2, -0.15) is 0 Å². The van der Waals surface area contributed by atoms with E-state index in [9.17, 15) is 0 Å². The Morgan fingerprint density at radius 2 is 0.818 bits per heavy atom. The number of unbranched alkanes of at least 4 members (excludes halogenated alkanes) is 13. The first-order valence-electron chi connectivity index (χ1n) is 13.3. The molecule has 0 aromatic heterocycles. The summed E-state index contributed by atoms with van der Waals surface area (Å²) in [7, 11) is 3.56. The number of benzene rings is 2. The van der Waals surface area contributed by atoms with Crippen LogP contribution in [0.2, 0.25) is 0 Å². The Hall–Kier alpha value is -1.61. The summed E-state index contributed by atoms with van der Waals surface area (Å²) >= 11 is 0. The van der Waals surface area contributed by atoms with Gasteiger partial charge in [-0.1, -0.05) is 84.0 Å². The van der Waals surface area contributed by atoms with Crippen molar-refractivity contribution in [3.05, 3.63) is 48.5 Å². The van der Waals surface area contributed by atoms with Crippen molar-refractivity contribution in [2.24, 2.45) is 0 Å². The monoisotopic (exact) mass is 471 g/mol. The fraction of sp³-hybridized carbons (Fsp3) is 0.600. The van der Waals surface area contributed by atoms with Gasteiger partial charge in [0.1, 0.15) is 17.3 Å². The van der Waals surface area contributed by atoms with E-state index in [4.69, 9.17) is 9.47 Å². The van der Waals surface area contributed by atoms with Gasteiger partial charge in [-0.25, -0.2) is 0 Å². The number of rotatable bonds is 19. The number of hydrogen-bond acceptors (Lipinski definition) is 2. The van der Waals surface area contributed by atoms with Crippen LogP contribution in [0.5, 0.6) is 11.5 Å². The van der Waals surface area contributed by atoms with E-state index < -0.39 is 0 Å². The molecule has 0 radical (unpaired) electrons. The summed E-state index contributed by atoms with van der Waals surface area (Å²) < 4.78 is 10.7. The number of hydrogen-bond donors (Lipinski definition) is 0. The molecule has 184 valence electrons. The maximum atomic E-state index is 5.36. The van der Waals surface area contributed by atoms with Crippen LogP contribution < -0.4 is 9.47 Å². The van der Waals surface area contributed by atoms with E-state index in [1.165, 1.54) is 105 Å². The van der Waals surface area contributed by atoms with Crippen molar-refractivity contribution in [2.75, 3.05) is 20.0 Å². The fourth-order valence-electron chi connectivity index (χ4n) is 4.29. The predicted octanol–water partition coefficient (Wildman–Crippen LogP) is 9.22. The van der Waals surface area contributed by atoms with E-state index in [1.54, 1.807) is 14.2 Å². The second-order valence-electron chi connectivity index (χ2n) is 9.04. The highest BCUT2D eigenvalue weighted by Crippen LogP contribution is 2.28. The third-order valence-corrected chi connectivity index (χ3v) is 8.77. The predicted molar refractivity (Wildman–Crippen MR) is 145 cm³/mol. The quantitative estimate of drug-likeness (QED) is 0.150. The van der Waals surface area contributed by atoms with E-state index in [-0.39, 0.29) is 10.9 Å². The Bertz CT molecular complexity index is 664. The van der Waals surface area contributed by atoms with Crippen LogP contribution in [-0.2, 0) is 10.9 Å². The van der Waals surface area contributed by atoms with Gasteiger partial charge in [0.25, 0.3) is 0 Å². The molecular weight excluding hydrogens is 424 g/mol. The van der Waals surface area contributed by atoms with Gasteiger partial charge in [-0.15, -0.1) is 0 Å². The SMILES string of the molecule is CCCCCCCCCCCCCCCC[S+](c1ccc(OC)cc1)c1ccc(OC)cc1. The molecule has 3 heteroatoms. The normalized spacial score (nSPS) is 11.2. The highest BCUT2D eigenvalue weighted by atomic mass is 32.2. The first kappa shape index (κ1) is 27.6. The lowest BCUT2D eigenvalue weighted by atomic mass is 10.0. The molecule has 33 heavy (non-hydrogen) atoms. The van der Waals surface area contributed by atoms with Crippen LogP contribution in [0, 0.1) is 0 Å². The summed E-state index contributed by atoms with van der Waals surface area (Å²) in [6.45, 7) is 2.29. The second-order valence-corrected chi connectivity index (χ2v) is 11.2. The van der Waals surface area contributed by atoms with Gasteiger partial charge in [0.15, 0.2) is 9.79 Å².